The molecule has 1 unspecified atom stereocenters. The molecular weight excluding hydrogens is 514 g/mol. The number of hydrogen-bond acceptors (Lipinski definition) is 3. The molecule has 1 amide bonds. The van der Waals surface area contributed by atoms with Gasteiger partial charge in [0.25, 0.3) is 0 Å². The molecule has 0 saturated carbocycles. The van der Waals surface area contributed by atoms with Crippen LogP contribution < -0.4 is 15.1 Å². The van der Waals surface area contributed by atoms with Crippen LogP contribution in [-0.4, -0.2) is 26.0 Å². The van der Waals surface area contributed by atoms with E-state index in [0.29, 0.717) is 11.4 Å². The third kappa shape index (κ3) is 6.34. The summed E-state index contributed by atoms with van der Waals surface area (Å²) in [6, 6.07) is 22.4. The predicted molar refractivity (Wildman–Crippen MR) is 170 cm³/mol. The highest BCUT2D eigenvalue weighted by Crippen LogP contribution is 2.40. The van der Waals surface area contributed by atoms with Crippen molar-refractivity contribution in [2.75, 3.05) is 35.3 Å². The smallest absolute Gasteiger partial charge is 0.232 e. The van der Waals surface area contributed by atoms with Gasteiger partial charge in [-0.2, -0.15) is 0 Å². The fraction of sp³-hybridized carbons (Fsp3) is 0.286. The Morgan fingerprint density at radius 3 is 2.55 bits per heavy atom. The number of nitrogens with one attached hydrogen (secondary N) is 1. The van der Waals surface area contributed by atoms with Crippen molar-refractivity contribution in [3.05, 3.63) is 124 Å². The molecule has 0 spiro atoms. The zero-order valence-corrected chi connectivity index (χ0v) is 24.4. The number of amides is 1. The molecule has 1 aliphatic carbocycles. The lowest BCUT2D eigenvalue weighted by atomic mass is 9.87. The lowest BCUT2D eigenvalue weighted by Crippen LogP contribution is -2.41. The summed E-state index contributed by atoms with van der Waals surface area (Å²) in [6.45, 7) is 6.07. The first-order valence-corrected chi connectivity index (χ1v) is 14.6. The molecule has 206 valence electrons. The van der Waals surface area contributed by atoms with Crippen molar-refractivity contribution >= 4 is 34.6 Å². The quantitative estimate of drug-likeness (QED) is 0.305. The van der Waals surface area contributed by atoms with Gasteiger partial charge in [-0.25, -0.2) is 0 Å². The fourth-order valence-electron chi connectivity index (χ4n) is 5.46. The highest BCUT2D eigenvalue weighted by Gasteiger charge is 2.35. The van der Waals surface area contributed by atoms with Crippen LogP contribution in [0.2, 0.25) is 5.02 Å². The third-order valence-electron chi connectivity index (χ3n) is 7.68. The maximum absolute atomic E-state index is 13.7. The van der Waals surface area contributed by atoms with Gasteiger partial charge in [0.05, 0.1) is 12.5 Å². The summed E-state index contributed by atoms with van der Waals surface area (Å²) in [4.78, 5) is 17.9. The average Bonchev–Trinajstić information content (AvgIpc) is 2.95. The van der Waals surface area contributed by atoms with Gasteiger partial charge >= 0.3 is 0 Å². The number of nitrogens with zero attached hydrogens (tertiary/aromatic N) is 2. The maximum atomic E-state index is 13.7. The normalized spacial score (nSPS) is 16.9. The Morgan fingerprint density at radius 1 is 1.02 bits per heavy atom. The molecule has 0 radical (unpaired) electrons. The van der Waals surface area contributed by atoms with E-state index < -0.39 is 0 Å². The summed E-state index contributed by atoms with van der Waals surface area (Å²) >= 11 is 6.25. The SMILES string of the molecule is CCCNc1ccc2c(c1)C(c1ccc(Cl)cc1)N(c1ccc(N(C)CC3=CC=C(C)CCC=C3)cc1)C(=O)C2. The summed E-state index contributed by atoms with van der Waals surface area (Å²) in [5.74, 6) is 0.0924. The van der Waals surface area contributed by atoms with Crippen molar-refractivity contribution in [1.29, 1.82) is 0 Å². The Kier molecular flexibility index (Phi) is 8.76. The minimum atomic E-state index is -0.235. The Morgan fingerprint density at radius 2 is 1.80 bits per heavy atom. The minimum absolute atomic E-state index is 0.0924. The molecule has 40 heavy (non-hydrogen) atoms. The fourth-order valence-corrected chi connectivity index (χ4v) is 5.59. The molecular formula is C35H38ClN3O. The second kappa shape index (κ2) is 12.6. The number of halogens is 1. The molecule has 1 N–H and O–H groups in total. The zero-order chi connectivity index (χ0) is 28.1. The van der Waals surface area contributed by atoms with Crippen LogP contribution in [0.1, 0.15) is 55.8 Å². The Balaban J connectivity index is 1.46. The number of carbonyl (C=O) groups excluding carboxylic acids is 1. The minimum Gasteiger partial charge on any atom is -0.385 e. The third-order valence-corrected chi connectivity index (χ3v) is 7.93. The van der Waals surface area contributed by atoms with E-state index in [1.54, 1.807) is 0 Å². The first-order valence-electron chi connectivity index (χ1n) is 14.2. The summed E-state index contributed by atoms with van der Waals surface area (Å²) in [5.41, 5.74) is 9.03. The van der Waals surface area contributed by atoms with E-state index in [4.69, 9.17) is 11.6 Å². The maximum Gasteiger partial charge on any atom is 0.232 e. The van der Waals surface area contributed by atoms with E-state index in [-0.39, 0.29) is 11.9 Å². The molecule has 1 heterocycles. The van der Waals surface area contributed by atoms with Crippen molar-refractivity contribution in [3.63, 3.8) is 0 Å². The molecule has 3 aromatic carbocycles. The molecule has 5 rings (SSSR count). The number of fused-ring (bicyclic) bond motifs is 1. The van der Waals surface area contributed by atoms with Crippen LogP contribution in [0.5, 0.6) is 0 Å². The molecule has 1 atom stereocenters. The molecule has 0 saturated heterocycles. The summed E-state index contributed by atoms with van der Waals surface area (Å²) < 4.78 is 0. The van der Waals surface area contributed by atoms with Crippen molar-refractivity contribution in [1.82, 2.24) is 0 Å². The number of hydrogen-bond donors (Lipinski definition) is 1. The van der Waals surface area contributed by atoms with Crippen LogP contribution in [0.25, 0.3) is 0 Å². The van der Waals surface area contributed by atoms with E-state index in [1.807, 2.05) is 29.2 Å². The van der Waals surface area contributed by atoms with Gasteiger partial charge in [0.15, 0.2) is 0 Å². The van der Waals surface area contributed by atoms with Gasteiger partial charge in [0.1, 0.15) is 0 Å². The average molecular weight is 552 g/mol. The van der Waals surface area contributed by atoms with Crippen LogP contribution in [0.3, 0.4) is 0 Å². The number of benzene rings is 3. The molecule has 0 bridgehead atoms. The van der Waals surface area contributed by atoms with Crippen molar-refractivity contribution in [2.45, 2.75) is 45.6 Å². The molecule has 4 nitrogen and oxygen atoms in total. The lowest BCUT2D eigenvalue weighted by Gasteiger charge is -2.38. The second-order valence-electron chi connectivity index (χ2n) is 10.8. The summed E-state index contributed by atoms with van der Waals surface area (Å²) in [5, 5.41) is 4.20. The number of anilines is 3. The Hall–Kier alpha value is -3.76. The van der Waals surface area contributed by atoms with Crippen LogP contribution in [0.15, 0.2) is 102 Å². The molecule has 5 heteroatoms. The van der Waals surface area contributed by atoms with E-state index >= 15 is 0 Å². The summed E-state index contributed by atoms with van der Waals surface area (Å²) in [7, 11) is 2.11. The molecule has 0 aromatic heterocycles. The van der Waals surface area contributed by atoms with Gasteiger partial charge in [-0.15, -0.1) is 0 Å². The highest BCUT2D eigenvalue weighted by molar-refractivity contribution is 6.30. The largest absolute Gasteiger partial charge is 0.385 e. The van der Waals surface area contributed by atoms with Crippen LogP contribution in [-0.2, 0) is 11.2 Å². The van der Waals surface area contributed by atoms with Gasteiger partial charge in [-0.1, -0.05) is 66.6 Å². The highest BCUT2D eigenvalue weighted by atomic mass is 35.5. The van der Waals surface area contributed by atoms with Gasteiger partial charge < -0.3 is 15.1 Å². The Labute approximate surface area is 243 Å². The first-order chi connectivity index (χ1) is 19.4. The first kappa shape index (κ1) is 27.8. The van der Waals surface area contributed by atoms with E-state index in [1.165, 1.54) is 11.1 Å². The number of rotatable bonds is 8. The number of allylic oxidation sites excluding steroid dienone is 4. The van der Waals surface area contributed by atoms with Crippen molar-refractivity contribution < 1.29 is 4.79 Å². The van der Waals surface area contributed by atoms with Gasteiger partial charge in [0, 0.05) is 42.2 Å². The van der Waals surface area contributed by atoms with E-state index in [0.717, 1.165) is 66.1 Å². The van der Waals surface area contributed by atoms with Crippen LogP contribution >= 0.6 is 11.6 Å². The number of likely N-dealkylation sites (N-methyl/N-ethyl adjacent to an activating group) is 1. The lowest BCUT2D eigenvalue weighted by molar-refractivity contribution is -0.118. The zero-order valence-electron chi connectivity index (χ0n) is 23.7. The van der Waals surface area contributed by atoms with Crippen molar-refractivity contribution in [3.8, 4) is 0 Å². The van der Waals surface area contributed by atoms with Gasteiger partial charge in [0.2, 0.25) is 5.91 Å². The van der Waals surface area contributed by atoms with E-state index in [2.05, 4.69) is 97.9 Å². The summed E-state index contributed by atoms with van der Waals surface area (Å²) in [6.07, 6.45) is 12.6. The second-order valence-corrected chi connectivity index (χ2v) is 11.2. The van der Waals surface area contributed by atoms with Gasteiger partial charge in [-0.05, 0) is 97.0 Å². The topological polar surface area (TPSA) is 35.6 Å². The molecule has 0 fully saturated rings. The van der Waals surface area contributed by atoms with Crippen LogP contribution in [0.4, 0.5) is 17.1 Å². The number of carbonyl (C=O) groups is 1. The predicted octanol–water partition coefficient (Wildman–Crippen LogP) is 8.50. The molecule has 1 aliphatic heterocycles. The van der Waals surface area contributed by atoms with Gasteiger partial charge in [-0.3, -0.25) is 4.79 Å². The molecule has 3 aromatic rings. The standard InChI is InChI=1S/C35H38ClN3O/c1-4-21-37-30-16-13-28-22-34(40)39(35(33(28)23-30)27-11-14-29(36)15-12-27)32-19-17-31(18-20-32)38(3)24-26-8-6-5-7-25(2)9-10-26/h6,8-20,23,35,37H,4-5,7,21-22,24H2,1-3H3. The Bertz CT molecular complexity index is 1440. The van der Waals surface area contributed by atoms with Crippen molar-refractivity contribution in [2.24, 2.45) is 0 Å². The molecule has 2 aliphatic rings. The van der Waals surface area contributed by atoms with Crippen LogP contribution in [0, 0.1) is 0 Å². The van der Waals surface area contributed by atoms with E-state index in [9.17, 15) is 4.79 Å². The monoisotopic (exact) mass is 551 g/mol.